The van der Waals surface area contributed by atoms with E-state index in [1.165, 1.54) is 5.56 Å². The van der Waals surface area contributed by atoms with E-state index in [1.807, 2.05) is 12.1 Å². The average molecular weight is 269 g/mol. The second kappa shape index (κ2) is 5.47. The Labute approximate surface area is 116 Å². The molecule has 1 unspecified atom stereocenters. The Kier molecular flexibility index (Phi) is 3.53. The zero-order valence-corrected chi connectivity index (χ0v) is 11.3. The molecule has 0 bridgehead atoms. The highest BCUT2D eigenvalue weighted by Gasteiger charge is 2.11. The van der Waals surface area contributed by atoms with Crippen molar-refractivity contribution in [3.8, 4) is 0 Å². The van der Waals surface area contributed by atoms with Gasteiger partial charge in [-0.25, -0.2) is 0 Å². The normalized spacial score (nSPS) is 12.7. The molecular formula is C15H15N3S. The van der Waals surface area contributed by atoms with Crippen LogP contribution < -0.4 is 5.73 Å². The standard InChI is InChI=1S/C15H15N3S/c16-13(5-4-11-6-9-19-10-11)12-2-1-3-14-15(12)18-8-7-17-14/h1-3,6-10,13H,4-5,16H2. The smallest absolute Gasteiger partial charge is 0.0934 e. The summed E-state index contributed by atoms with van der Waals surface area (Å²) in [6, 6.07) is 8.17. The van der Waals surface area contributed by atoms with Crippen molar-refractivity contribution in [2.24, 2.45) is 5.73 Å². The number of hydrogen-bond donors (Lipinski definition) is 1. The van der Waals surface area contributed by atoms with Crippen LogP contribution in [0.1, 0.15) is 23.6 Å². The molecule has 0 radical (unpaired) electrons. The molecule has 2 aromatic heterocycles. The number of nitrogens with two attached hydrogens (primary N) is 1. The minimum absolute atomic E-state index is 0.000278. The van der Waals surface area contributed by atoms with E-state index in [-0.39, 0.29) is 6.04 Å². The van der Waals surface area contributed by atoms with Crippen molar-refractivity contribution >= 4 is 22.4 Å². The van der Waals surface area contributed by atoms with Gasteiger partial charge in [0.25, 0.3) is 0 Å². The number of aryl methyl sites for hydroxylation is 1. The Morgan fingerprint density at radius 1 is 1.16 bits per heavy atom. The molecule has 0 spiro atoms. The van der Waals surface area contributed by atoms with Crippen molar-refractivity contribution in [1.29, 1.82) is 0 Å². The van der Waals surface area contributed by atoms with Gasteiger partial charge < -0.3 is 5.73 Å². The lowest BCUT2D eigenvalue weighted by atomic mass is 9.99. The summed E-state index contributed by atoms with van der Waals surface area (Å²) < 4.78 is 0. The fourth-order valence-corrected chi connectivity index (χ4v) is 2.93. The monoisotopic (exact) mass is 269 g/mol. The second-order valence-corrected chi connectivity index (χ2v) is 5.33. The van der Waals surface area contributed by atoms with Gasteiger partial charge in [0, 0.05) is 18.4 Å². The molecule has 3 aromatic rings. The highest BCUT2D eigenvalue weighted by atomic mass is 32.1. The van der Waals surface area contributed by atoms with Crippen molar-refractivity contribution in [2.75, 3.05) is 0 Å². The lowest BCUT2D eigenvalue weighted by Crippen LogP contribution is -2.12. The molecule has 0 saturated carbocycles. The zero-order valence-electron chi connectivity index (χ0n) is 10.5. The predicted molar refractivity (Wildman–Crippen MR) is 79.1 cm³/mol. The topological polar surface area (TPSA) is 51.8 Å². The first-order chi connectivity index (χ1) is 9.34. The van der Waals surface area contributed by atoms with Gasteiger partial charge in [-0.2, -0.15) is 11.3 Å². The number of benzene rings is 1. The van der Waals surface area contributed by atoms with Gasteiger partial charge >= 0.3 is 0 Å². The van der Waals surface area contributed by atoms with Crippen LogP contribution >= 0.6 is 11.3 Å². The van der Waals surface area contributed by atoms with Crippen molar-refractivity contribution in [2.45, 2.75) is 18.9 Å². The molecule has 3 rings (SSSR count). The minimum Gasteiger partial charge on any atom is -0.324 e. The molecular weight excluding hydrogens is 254 g/mol. The molecule has 2 N–H and O–H groups in total. The molecule has 0 aliphatic carbocycles. The molecule has 96 valence electrons. The summed E-state index contributed by atoms with van der Waals surface area (Å²) in [7, 11) is 0. The third-order valence-electron chi connectivity index (χ3n) is 3.25. The molecule has 0 saturated heterocycles. The lowest BCUT2D eigenvalue weighted by molar-refractivity contribution is 0.655. The highest BCUT2D eigenvalue weighted by molar-refractivity contribution is 7.07. The number of aromatic nitrogens is 2. The quantitative estimate of drug-likeness (QED) is 0.790. The molecule has 1 aromatic carbocycles. The van der Waals surface area contributed by atoms with Gasteiger partial charge in [-0.3, -0.25) is 9.97 Å². The number of rotatable bonds is 4. The molecule has 3 nitrogen and oxygen atoms in total. The van der Waals surface area contributed by atoms with E-state index in [4.69, 9.17) is 5.73 Å². The van der Waals surface area contributed by atoms with Crippen LogP contribution in [0.2, 0.25) is 0 Å². The maximum atomic E-state index is 6.31. The summed E-state index contributed by atoms with van der Waals surface area (Å²) in [6.07, 6.45) is 5.36. The van der Waals surface area contributed by atoms with Crippen LogP contribution in [0.4, 0.5) is 0 Å². The largest absolute Gasteiger partial charge is 0.324 e. The van der Waals surface area contributed by atoms with Gasteiger partial charge in [-0.1, -0.05) is 12.1 Å². The van der Waals surface area contributed by atoms with E-state index in [9.17, 15) is 0 Å². The summed E-state index contributed by atoms with van der Waals surface area (Å²) in [5, 5.41) is 4.28. The summed E-state index contributed by atoms with van der Waals surface area (Å²) in [5.41, 5.74) is 10.6. The van der Waals surface area contributed by atoms with Crippen molar-refractivity contribution < 1.29 is 0 Å². The number of fused-ring (bicyclic) bond motifs is 1. The maximum Gasteiger partial charge on any atom is 0.0934 e. The summed E-state index contributed by atoms with van der Waals surface area (Å²) >= 11 is 1.73. The lowest BCUT2D eigenvalue weighted by Gasteiger charge is -2.13. The fraction of sp³-hybridized carbons (Fsp3) is 0.200. The van der Waals surface area contributed by atoms with E-state index >= 15 is 0 Å². The first kappa shape index (κ1) is 12.3. The Balaban J connectivity index is 1.83. The fourth-order valence-electron chi connectivity index (χ4n) is 2.23. The maximum absolute atomic E-state index is 6.31. The van der Waals surface area contributed by atoms with Crippen LogP contribution in [0.15, 0.2) is 47.4 Å². The first-order valence-electron chi connectivity index (χ1n) is 6.31. The predicted octanol–water partition coefficient (Wildman–Crippen LogP) is 3.32. The molecule has 4 heteroatoms. The zero-order chi connectivity index (χ0) is 13.1. The van der Waals surface area contributed by atoms with Crippen LogP contribution in [-0.2, 0) is 6.42 Å². The van der Waals surface area contributed by atoms with E-state index in [2.05, 4.69) is 32.9 Å². The van der Waals surface area contributed by atoms with E-state index in [0.29, 0.717) is 0 Å². The second-order valence-electron chi connectivity index (χ2n) is 4.55. The molecule has 0 aliphatic rings. The van der Waals surface area contributed by atoms with Crippen molar-refractivity contribution in [1.82, 2.24) is 9.97 Å². The number of hydrogen-bond acceptors (Lipinski definition) is 4. The van der Waals surface area contributed by atoms with Gasteiger partial charge in [0.15, 0.2) is 0 Å². The van der Waals surface area contributed by atoms with Crippen LogP contribution in [0.3, 0.4) is 0 Å². The third-order valence-corrected chi connectivity index (χ3v) is 3.99. The number of thiophene rings is 1. The van der Waals surface area contributed by atoms with Gasteiger partial charge in [0.05, 0.1) is 11.0 Å². The van der Waals surface area contributed by atoms with Crippen LogP contribution in [0.5, 0.6) is 0 Å². The van der Waals surface area contributed by atoms with Gasteiger partial charge in [0.1, 0.15) is 0 Å². The Morgan fingerprint density at radius 2 is 2.05 bits per heavy atom. The first-order valence-corrected chi connectivity index (χ1v) is 7.25. The van der Waals surface area contributed by atoms with Crippen molar-refractivity contribution in [3.63, 3.8) is 0 Å². The molecule has 2 heterocycles. The molecule has 0 aliphatic heterocycles. The van der Waals surface area contributed by atoms with E-state index in [0.717, 1.165) is 29.4 Å². The molecule has 1 atom stereocenters. The van der Waals surface area contributed by atoms with Gasteiger partial charge in [-0.15, -0.1) is 0 Å². The Morgan fingerprint density at radius 3 is 2.89 bits per heavy atom. The van der Waals surface area contributed by atoms with Crippen LogP contribution in [-0.4, -0.2) is 9.97 Å². The highest BCUT2D eigenvalue weighted by Crippen LogP contribution is 2.23. The summed E-state index contributed by atoms with van der Waals surface area (Å²) in [4.78, 5) is 8.72. The third kappa shape index (κ3) is 2.64. The van der Waals surface area contributed by atoms with Gasteiger partial charge in [-0.05, 0) is 46.9 Å². The van der Waals surface area contributed by atoms with E-state index < -0.39 is 0 Å². The Hall–Kier alpha value is -1.78. The van der Waals surface area contributed by atoms with Gasteiger partial charge in [0.2, 0.25) is 0 Å². The molecule has 19 heavy (non-hydrogen) atoms. The Bertz CT molecular complexity index is 659. The molecule has 0 fully saturated rings. The minimum atomic E-state index is 0.000278. The van der Waals surface area contributed by atoms with Crippen LogP contribution in [0.25, 0.3) is 11.0 Å². The van der Waals surface area contributed by atoms with Crippen LogP contribution in [0, 0.1) is 0 Å². The number of nitrogens with zero attached hydrogens (tertiary/aromatic N) is 2. The SMILES string of the molecule is NC(CCc1ccsc1)c1cccc2nccnc12. The number of para-hydroxylation sites is 1. The summed E-state index contributed by atoms with van der Waals surface area (Å²) in [5.74, 6) is 0. The van der Waals surface area contributed by atoms with Crippen molar-refractivity contribution in [3.05, 3.63) is 58.5 Å². The molecule has 0 amide bonds. The average Bonchev–Trinajstić information content (AvgIpc) is 2.97. The summed E-state index contributed by atoms with van der Waals surface area (Å²) in [6.45, 7) is 0. The van der Waals surface area contributed by atoms with E-state index in [1.54, 1.807) is 23.7 Å².